The zero-order valence-electron chi connectivity index (χ0n) is 12.0. The molecular formula is C15H19NO3S2. The number of hydrogen-bond donors (Lipinski definition) is 2. The van der Waals surface area contributed by atoms with E-state index in [-0.39, 0.29) is 17.4 Å². The van der Waals surface area contributed by atoms with Crippen LogP contribution in [-0.2, 0) is 10.0 Å². The van der Waals surface area contributed by atoms with Crippen molar-refractivity contribution in [2.45, 2.75) is 30.8 Å². The standard InChI is InChI=1S/C15H19NO3S2/c1-11(2)12-4-3-5-14(8-12)21(18,19)16-9-15(17)13-6-7-20-10-13/h3-8,10-11,15-17H,9H2,1-2H3/t15-/m1/s1. The summed E-state index contributed by atoms with van der Waals surface area (Å²) in [5.41, 5.74) is 1.69. The molecule has 0 aliphatic rings. The lowest BCUT2D eigenvalue weighted by molar-refractivity contribution is 0.182. The van der Waals surface area contributed by atoms with E-state index in [0.717, 1.165) is 11.1 Å². The zero-order chi connectivity index (χ0) is 15.5. The Balaban J connectivity index is 2.10. The largest absolute Gasteiger partial charge is 0.387 e. The van der Waals surface area contributed by atoms with Crippen molar-refractivity contribution in [3.8, 4) is 0 Å². The SMILES string of the molecule is CC(C)c1cccc(S(=O)(=O)NC[C@@H](O)c2ccsc2)c1. The molecule has 0 saturated carbocycles. The minimum absolute atomic E-state index is 0.0367. The van der Waals surface area contributed by atoms with E-state index in [4.69, 9.17) is 0 Å². The molecule has 1 heterocycles. The molecule has 0 bridgehead atoms. The number of thiophene rings is 1. The molecule has 4 nitrogen and oxygen atoms in total. The Labute approximate surface area is 129 Å². The van der Waals surface area contributed by atoms with Gasteiger partial charge in [-0.1, -0.05) is 26.0 Å². The van der Waals surface area contributed by atoms with Crippen molar-refractivity contribution in [2.24, 2.45) is 0 Å². The van der Waals surface area contributed by atoms with E-state index in [1.54, 1.807) is 29.6 Å². The molecule has 0 saturated heterocycles. The van der Waals surface area contributed by atoms with Gasteiger partial charge in [-0.05, 0) is 46.0 Å². The second-order valence-corrected chi connectivity index (χ2v) is 7.70. The van der Waals surface area contributed by atoms with Gasteiger partial charge in [-0.3, -0.25) is 0 Å². The van der Waals surface area contributed by atoms with E-state index in [1.165, 1.54) is 11.3 Å². The number of nitrogens with one attached hydrogen (secondary N) is 1. The van der Waals surface area contributed by atoms with Crippen LogP contribution in [0, 0.1) is 0 Å². The third-order valence-corrected chi connectivity index (χ3v) is 5.35. The zero-order valence-corrected chi connectivity index (χ0v) is 13.6. The maximum absolute atomic E-state index is 12.3. The third-order valence-electron chi connectivity index (χ3n) is 3.23. The monoisotopic (exact) mass is 325 g/mol. The van der Waals surface area contributed by atoms with Crippen molar-refractivity contribution in [3.05, 3.63) is 52.2 Å². The van der Waals surface area contributed by atoms with Crippen LogP contribution in [0.2, 0.25) is 0 Å². The van der Waals surface area contributed by atoms with Gasteiger partial charge in [-0.15, -0.1) is 0 Å². The van der Waals surface area contributed by atoms with Crippen LogP contribution in [0.1, 0.15) is 37.0 Å². The lowest BCUT2D eigenvalue weighted by atomic mass is 10.0. The van der Waals surface area contributed by atoms with Crippen LogP contribution >= 0.6 is 11.3 Å². The Kier molecular flexibility index (Phi) is 5.16. The Bertz CT molecular complexity index is 679. The fourth-order valence-electron chi connectivity index (χ4n) is 1.90. The van der Waals surface area contributed by atoms with E-state index >= 15 is 0 Å². The number of aliphatic hydroxyl groups excluding tert-OH is 1. The van der Waals surface area contributed by atoms with Crippen molar-refractivity contribution in [1.82, 2.24) is 4.72 Å². The molecule has 1 aromatic carbocycles. The van der Waals surface area contributed by atoms with Crippen molar-refractivity contribution in [3.63, 3.8) is 0 Å². The highest BCUT2D eigenvalue weighted by molar-refractivity contribution is 7.89. The van der Waals surface area contributed by atoms with Gasteiger partial charge in [0.2, 0.25) is 10.0 Å². The van der Waals surface area contributed by atoms with Gasteiger partial charge in [0.25, 0.3) is 0 Å². The first-order chi connectivity index (χ1) is 9.90. The number of benzene rings is 1. The third kappa shape index (κ3) is 4.14. The second kappa shape index (κ2) is 6.70. The van der Waals surface area contributed by atoms with Gasteiger partial charge >= 0.3 is 0 Å². The second-order valence-electron chi connectivity index (χ2n) is 5.15. The van der Waals surface area contributed by atoms with Crippen LogP contribution in [0.25, 0.3) is 0 Å². The Morgan fingerprint density at radius 2 is 2.00 bits per heavy atom. The van der Waals surface area contributed by atoms with Gasteiger partial charge < -0.3 is 5.11 Å². The molecule has 114 valence electrons. The van der Waals surface area contributed by atoms with Gasteiger partial charge in [0.1, 0.15) is 0 Å². The minimum atomic E-state index is -3.61. The van der Waals surface area contributed by atoms with E-state index in [9.17, 15) is 13.5 Å². The Morgan fingerprint density at radius 1 is 1.24 bits per heavy atom. The van der Waals surface area contributed by atoms with Crippen molar-refractivity contribution < 1.29 is 13.5 Å². The van der Waals surface area contributed by atoms with Crippen LogP contribution in [0.15, 0.2) is 46.0 Å². The summed E-state index contributed by atoms with van der Waals surface area (Å²) in [6.07, 6.45) is -0.834. The Hall–Kier alpha value is -1.21. The van der Waals surface area contributed by atoms with Gasteiger partial charge in [0, 0.05) is 6.54 Å². The molecule has 0 radical (unpaired) electrons. The number of aliphatic hydroxyl groups is 1. The maximum Gasteiger partial charge on any atom is 0.240 e. The van der Waals surface area contributed by atoms with Gasteiger partial charge in [-0.25, -0.2) is 13.1 Å². The lowest BCUT2D eigenvalue weighted by Crippen LogP contribution is -2.28. The number of hydrogen-bond acceptors (Lipinski definition) is 4. The molecule has 0 amide bonds. The summed E-state index contributed by atoms with van der Waals surface area (Å²) in [6.45, 7) is 3.99. The van der Waals surface area contributed by atoms with Crippen LogP contribution in [0.5, 0.6) is 0 Å². The highest BCUT2D eigenvalue weighted by atomic mass is 32.2. The quantitative estimate of drug-likeness (QED) is 0.858. The molecule has 1 aromatic heterocycles. The Morgan fingerprint density at radius 3 is 2.62 bits per heavy atom. The highest BCUT2D eigenvalue weighted by Crippen LogP contribution is 2.20. The molecule has 6 heteroatoms. The molecule has 0 aliphatic carbocycles. The summed E-state index contributed by atoms with van der Waals surface area (Å²) < 4.78 is 27.0. The summed E-state index contributed by atoms with van der Waals surface area (Å²) in [4.78, 5) is 0.228. The molecule has 1 atom stereocenters. The van der Waals surface area contributed by atoms with E-state index in [2.05, 4.69) is 4.72 Å². The topological polar surface area (TPSA) is 66.4 Å². The van der Waals surface area contributed by atoms with Gasteiger partial charge in [-0.2, -0.15) is 11.3 Å². The van der Waals surface area contributed by atoms with Crippen LogP contribution in [-0.4, -0.2) is 20.1 Å². The molecule has 2 N–H and O–H groups in total. The van der Waals surface area contributed by atoms with Crippen LogP contribution in [0.4, 0.5) is 0 Å². The summed E-state index contributed by atoms with van der Waals surface area (Å²) in [5, 5.41) is 13.6. The summed E-state index contributed by atoms with van der Waals surface area (Å²) in [5.74, 6) is 0.261. The van der Waals surface area contributed by atoms with Gasteiger partial charge in [0.05, 0.1) is 11.0 Å². The van der Waals surface area contributed by atoms with Crippen molar-refractivity contribution in [1.29, 1.82) is 0 Å². The normalized spacial score (nSPS) is 13.5. The average Bonchev–Trinajstić information content (AvgIpc) is 2.99. The first kappa shape index (κ1) is 16.2. The van der Waals surface area contributed by atoms with E-state index in [1.807, 2.05) is 25.3 Å². The highest BCUT2D eigenvalue weighted by Gasteiger charge is 2.17. The van der Waals surface area contributed by atoms with E-state index in [0.29, 0.717) is 0 Å². The molecule has 21 heavy (non-hydrogen) atoms. The summed E-state index contributed by atoms with van der Waals surface area (Å²) in [7, 11) is -3.61. The van der Waals surface area contributed by atoms with Crippen LogP contribution in [0.3, 0.4) is 0 Å². The molecular weight excluding hydrogens is 306 g/mol. The summed E-state index contributed by atoms with van der Waals surface area (Å²) >= 11 is 1.47. The first-order valence-electron chi connectivity index (χ1n) is 6.70. The number of sulfonamides is 1. The van der Waals surface area contributed by atoms with Gasteiger partial charge in [0.15, 0.2) is 0 Å². The molecule has 2 rings (SSSR count). The molecule has 0 fully saturated rings. The first-order valence-corrected chi connectivity index (χ1v) is 9.12. The predicted molar refractivity (Wildman–Crippen MR) is 85.0 cm³/mol. The maximum atomic E-state index is 12.3. The van der Waals surface area contributed by atoms with Crippen LogP contribution < -0.4 is 4.72 Å². The number of rotatable bonds is 6. The minimum Gasteiger partial charge on any atom is -0.387 e. The fraction of sp³-hybridized carbons (Fsp3) is 0.333. The fourth-order valence-corrected chi connectivity index (χ4v) is 3.70. The smallest absolute Gasteiger partial charge is 0.240 e. The summed E-state index contributed by atoms with van der Waals surface area (Å²) in [6, 6.07) is 8.65. The molecule has 0 unspecified atom stereocenters. The van der Waals surface area contributed by atoms with Crippen molar-refractivity contribution in [2.75, 3.05) is 6.54 Å². The molecule has 2 aromatic rings. The lowest BCUT2D eigenvalue weighted by Gasteiger charge is -2.12. The predicted octanol–water partition coefficient (Wildman–Crippen LogP) is 2.88. The van der Waals surface area contributed by atoms with E-state index < -0.39 is 16.1 Å². The molecule has 0 aliphatic heterocycles. The average molecular weight is 325 g/mol. The van der Waals surface area contributed by atoms with Crippen molar-refractivity contribution >= 4 is 21.4 Å². The molecule has 0 spiro atoms.